The van der Waals surface area contributed by atoms with Gasteiger partial charge in [0.2, 0.25) is 10.0 Å². The van der Waals surface area contributed by atoms with Crippen LogP contribution < -0.4 is 10.5 Å². The van der Waals surface area contributed by atoms with Crippen molar-refractivity contribution in [2.24, 2.45) is 0 Å². The molecule has 2 aromatic rings. The van der Waals surface area contributed by atoms with E-state index < -0.39 is 16.1 Å². The third-order valence-corrected chi connectivity index (χ3v) is 5.29. The van der Waals surface area contributed by atoms with Crippen LogP contribution in [0.2, 0.25) is 10.0 Å². The number of halogens is 2. The summed E-state index contributed by atoms with van der Waals surface area (Å²) in [6, 6.07) is 5.68. The van der Waals surface area contributed by atoms with Gasteiger partial charge in [-0.1, -0.05) is 23.2 Å². The number of aromatic nitrogens is 1. The quantitative estimate of drug-likeness (QED) is 0.834. The molecule has 1 unspecified atom stereocenters. The fraction of sp³-hybridized carbons (Fsp3) is 0.154. The maximum atomic E-state index is 12.4. The molecule has 0 fully saturated rings. The van der Waals surface area contributed by atoms with E-state index in [1.165, 1.54) is 12.1 Å². The first-order valence-corrected chi connectivity index (χ1v) is 8.22. The molecule has 1 heterocycles. The smallest absolute Gasteiger partial charge is 0.244 e. The zero-order chi connectivity index (χ0) is 15.6. The second-order valence-corrected chi connectivity index (χ2v) is 6.90. The molecule has 3 N–H and O–H groups in total. The molecule has 1 atom stereocenters. The number of hydrogen-bond acceptors (Lipinski definition) is 4. The molecule has 0 bridgehead atoms. The average Bonchev–Trinajstić information content (AvgIpc) is 2.37. The highest BCUT2D eigenvalue weighted by molar-refractivity contribution is 7.89. The van der Waals surface area contributed by atoms with Gasteiger partial charge in [0.05, 0.1) is 10.0 Å². The lowest BCUT2D eigenvalue weighted by Gasteiger charge is -2.16. The molecule has 8 heteroatoms. The normalized spacial score (nSPS) is 13.1. The van der Waals surface area contributed by atoms with Crippen LogP contribution in [-0.4, -0.2) is 13.4 Å². The second kappa shape index (κ2) is 6.19. The number of anilines is 1. The molecule has 112 valence electrons. The van der Waals surface area contributed by atoms with Gasteiger partial charge in [0.1, 0.15) is 4.90 Å². The van der Waals surface area contributed by atoms with E-state index >= 15 is 0 Å². The molecule has 1 aromatic heterocycles. The van der Waals surface area contributed by atoms with Gasteiger partial charge in [0.25, 0.3) is 0 Å². The Kier molecular flexibility index (Phi) is 4.73. The molecule has 2 rings (SSSR count). The summed E-state index contributed by atoms with van der Waals surface area (Å²) in [6.07, 6.45) is 3.17. The highest BCUT2D eigenvalue weighted by Gasteiger charge is 2.24. The van der Waals surface area contributed by atoms with Crippen molar-refractivity contribution in [3.8, 4) is 0 Å². The molecule has 1 aromatic carbocycles. The minimum absolute atomic E-state index is 0.0190. The highest BCUT2D eigenvalue weighted by Crippen LogP contribution is 2.32. The molecule has 0 amide bonds. The molecule has 0 aliphatic rings. The SMILES string of the molecule is CC(NS(=O)(=O)c1c(Cl)cc(N)cc1Cl)c1ccncc1. The number of hydrogen-bond donors (Lipinski definition) is 2. The molecule has 0 radical (unpaired) electrons. The average molecular weight is 346 g/mol. The third-order valence-electron chi connectivity index (χ3n) is 2.83. The number of nitrogens with two attached hydrogens (primary N) is 1. The number of sulfonamides is 1. The Bertz CT molecular complexity index is 728. The Morgan fingerprint density at radius 2 is 1.71 bits per heavy atom. The zero-order valence-corrected chi connectivity index (χ0v) is 13.4. The van der Waals surface area contributed by atoms with Crippen molar-refractivity contribution in [2.45, 2.75) is 17.9 Å². The summed E-state index contributed by atoms with van der Waals surface area (Å²) in [7, 11) is -3.88. The maximum Gasteiger partial charge on any atom is 0.244 e. The first kappa shape index (κ1) is 16.0. The monoisotopic (exact) mass is 345 g/mol. The van der Waals surface area contributed by atoms with Gasteiger partial charge in [0.15, 0.2) is 0 Å². The van der Waals surface area contributed by atoms with Gasteiger partial charge in [-0.05, 0) is 36.8 Å². The molecule has 5 nitrogen and oxygen atoms in total. The second-order valence-electron chi connectivity index (χ2n) is 4.44. The molecular formula is C13H13Cl2N3O2S. The Labute approximate surface area is 133 Å². The lowest BCUT2D eigenvalue weighted by molar-refractivity contribution is 0.567. The van der Waals surface area contributed by atoms with Gasteiger partial charge in [0, 0.05) is 24.1 Å². The maximum absolute atomic E-state index is 12.4. The van der Waals surface area contributed by atoms with Crippen molar-refractivity contribution in [1.29, 1.82) is 0 Å². The van der Waals surface area contributed by atoms with Crippen LogP contribution in [0.5, 0.6) is 0 Å². The number of nitrogens with zero attached hydrogens (tertiary/aromatic N) is 1. The van der Waals surface area contributed by atoms with Crippen molar-refractivity contribution < 1.29 is 8.42 Å². The Balaban J connectivity index is 2.36. The van der Waals surface area contributed by atoms with Crippen LogP contribution in [0, 0.1) is 0 Å². The summed E-state index contributed by atoms with van der Waals surface area (Å²) >= 11 is 11.9. The van der Waals surface area contributed by atoms with E-state index in [9.17, 15) is 8.42 Å². The van der Waals surface area contributed by atoms with Gasteiger partial charge in [-0.2, -0.15) is 0 Å². The van der Waals surface area contributed by atoms with Crippen LogP contribution >= 0.6 is 23.2 Å². The first-order chi connectivity index (χ1) is 9.81. The van der Waals surface area contributed by atoms with E-state index in [1.54, 1.807) is 31.5 Å². The largest absolute Gasteiger partial charge is 0.399 e. The van der Waals surface area contributed by atoms with Crippen molar-refractivity contribution in [3.63, 3.8) is 0 Å². The fourth-order valence-corrected chi connectivity index (χ4v) is 4.31. The zero-order valence-electron chi connectivity index (χ0n) is 11.0. The van der Waals surface area contributed by atoms with Gasteiger partial charge in [-0.15, -0.1) is 0 Å². The summed E-state index contributed by atoms with van der Waals surface area (Å²) < 4.78 is 27.4. The van der Waals surface area contributed by atoms with Crippen LogP contribution in [0.4, 0.5) is 5.69 Å². The molecular weight excluding hydrogens is 333 g/mol. The first-order valence-electron chi connectivity index (χ1n) is 5.98. The minimum Gasteiger partial charge on any atom is -0.399 e. The van der Waals surface area contributed by atoms with Gasteiger partial charge >= 0.3 is 0 Å². The summed E-state index contributed by atoms with van der Waals surface area (Å²) in [5, 5.41) is -0.0381. The van der Waals surface area contributed by atoms with Crippen molar-refractivity contribution in [1.82, 2.24) is 9.71 Å². The number of nitrogens with one attached hydrogen (secondary N) is 1. The number of nitrogen functional groups attached to an aromatic ring is 1. The molecule has 0 saturated carbocycles. The summed E-state index contributed by atoms with van der Waals surface area (Å²) in [5.41, 5.74) is 6.64. The topological polar surface area (TPSA) is 85.1 Å². The molecule has 21 heavy (non-hydrogen) atoms. The van der Waals surface area contributed by atoms with E-state index in [-0.39, 0.29) is 14.9 Å². The summed E-state index contributed by atoms with van der Waals surface area (Å²) in [6.45, 7) is 1.71. The Morgan fingerprint density at radius 1 is 1.19 bits per heavy atom. The minimum atomic E-state index is -3.88. The van der Waals surface area contributed by atoms with E-state index in [1.807, 2.05) is 0 Å². The third kappa shape index (κ3) is 3.65. The molecule has 0 aliphatic heterocycles. The Hall–Kier alpha value is -1.34. The van der Waals surface area contributed by atoms with E-state index in [0.29, 0.717) is 5.69 Å². The molecule has 0 saturated heterocycles. The van der Waals surface area contributed by atoms with E-state index in [2.05, 4.69) is 9.71 Å². The van der Waals surface area contributed by atoms with Crippen molar-refractivity contribution in [3.05, 3.63) is 52.3 Å². The standard InChI is InChI=1S/C13H13Cl2N3O2S/c1-8(9-2-4-17-5-3-9)18-21(19,20)13-11(14)6-10(16)7-12(13)15/h2-8,18H,16H2,1H3. The summed E-state index contributed by atoms with van der Waals surface area (Å²) in [5.74, 6) is 0. The predicted octanol–water partition coefficient (Wildman–Crippen LogP) is 3.01. The number of benzene rings is 1. The summed E-state index contributed by atoms with van der Waals surface area (Å²) in [4.78, 5) is 3.71. The lowest BCUT2D eigenvalue weighted by atomic mass is 10.1. The number of pyridine rings is 1. The highest BCUT2D eigenvalue weighted by atomic mass is 35.5. The van der Waals surface area contributed by atoms with Crippen LogP contribution in [-0.2, 0) is 10.0 Å². The predicted molar refractivity (Wildman–Crippen MR) is 83.8 cm³/mol. The van der Waals surface area contributed by atoms with Crippen LogP contribution in [0.1, 0.15) is 18.5 Å². The number of rotatable bonds is 4. The Morgan fingerprint density at radius 3 is 2.24 bits per heavy atom. The van der Waals surface area contributed by atoms with Crippen LogP contribution in [0.3, 0.4) is 0 Å². The molecule has 0 spiro atoms. The van der Waals surface area contributed by atoms with Crippen molar-refractivity contribution in [2.75, 3.05) is 5.73 Å². The van der Waals surface area contributed by atoms with Crippen molar-refractivity contribution >= 4 is 38.9 Å². The molecule has 0 aliphatic carbocycles. The van der Waals surface area contributed by atoms with E-state index in [0.717, 1.165) is 5.56 Å². The van der Waals surface area contributed by atoms with E-state index in [4.69, 9.17) is 28.9 Å². The van der Waals surface area contributed by atoms with Crippen LogP contribution in [0.25, 0.3) is 0 Å². The van der Waals surface area contributed by atoms with Gasteiger partial charge in [-0.3, -0.25) is 4.98 Å². The fourth-order valence-electron chi connectivity index (χ4n) is 1.85. The van der Waals surface area contributed by atoms with Gasteiger partial charge < -0.3 is 5.73 Å². The van der Waals surface area contributed by atoms with Crippen LogP contribution in [0.15, 0.2) is 41.6 Å². The van der Waals surface area contributed by atoms with Gasteiger partial charge in [-0.25, -0.2) is 13.1 Å². The lowest BCUT2D eigenvalue weighted by Crippen LogP contribution is -2.27.